The zero-order chi connectivity index (χ0) is 54.3. The van der Waals surface area contributed by atoms with Gasteiger partial charge in [-0.1, -0.05) is 273 Å². The molecule has 0 aromatic carbocycles. The van der Waals surface area contributed by atoms with Crippen LogP contribution in [0.15, 0.2) is 72.9 Å². The summed E-state index contributed by atoms with van der Waals surface area (Å²) in [6, 6.07) is 0. The fraction of sp³-hybridized carbons (Fsp3) is 0.783. The highest BCUT2D eigenvalue weighted by Gasteiger charge is 2.19. The van der Waals surface area contributed by atoms with Gasteiger partial charge < -0.3 is 14.2 Å². The van der Waals surface area contributed by atoms with E-state index in [0.717, 1.165) is 103 Å². The maximum absolute atomic E-state index is 12.9. The van der Waals surface area contributed by atoms with Crippen LogP contribution in [0.4, 0.5) is 0 Å². The first-order chi connectivity index (χ1) is 37.0. The van der Waals surface area contributed by atoms with E-state index < -0.39 is 6.10 Å². The molecule has 0 rings (SSSR count). The fourth-order valence-electron chi connectivity index (χ4n) is 9.31. The number of carbonyl (C=O) groups is 3. The number of rotatable bonds is 59. The third kappa shape index (κ3) is 61.6. The molecule has 6 heteroatoms. The van der Waals surface area contributed by atoms with E-state index in [1.165, 1.54) is 186 Å². The minimum absolute atomic E-state index is 0.0782. The minimum atomic E-state index is -0.781. The Bertz CT molecular complexity index is 1390. The van der Waals surface area contributed by atoms with Gasteiger partial charge in [-0.3, -0.25) is 14.4 Å². The number of unbranched alkanes of at least 4 members (excludes halogenated alkanes) is 36. The van der Waals surface area contributed by atoms with Crippen molar-refractivity contribution in [3.05, 3.63) is 72.9 Å². The van der Waals surface area contributed by atoms with Crippen molar-refractivity contribution in [3.63, 3.8) is 0 Å². The van der Waals surface area contributed by atoms with E-state index in [-0.39, 0.29) is 31.1 Å². The highest BCUT2D eigenvalue weighted by molar-refractivity contribution is 5.71. The fourth-order valence-corrected chi connectivity index (χ4v) is 9.31. The lowest BCUT2D eigenvalue weighted by Gasteiger charge is -2.18. The Morgan fingerprint density at radius 2 is 0.520 bits per heavy atom. The molecule has 0 saturated heterocycles. The van der Waals surface area contributed by atoms with Crippen LogP contribution in [0.1, 0.15) is 329 Å². The summed E-state index contributed by atoms with van der Waals surface area (Å²) in [7, 11) is 0. The third-order valence-electron chi connectivity index (χ3n) is 14.2. The van der Waals surface area contributed by atoms with E-state index in [9.17, 15) is 14.4 Å². The van der Waals surface area contributed by atoms with Gasteiger partial charge in [0.25, 0.3) is 0 Å². The standard InChI is InChI=1S/C69H122O6/c1-4-7-10-13-16-19-22-25-27-29-30-31-32-33-34-35-36-37-38-39-40-41-43-44-47-50-53-56-59-62-68(71)74-65-66(64-73-67(70)61-58-55-52-49-46-24-21-18-15-12-9-6-3)75-69(72)63-60-57-54-51-48-45-42-28-26-23-20-17-14-11-8-5-2/h7,10,16,18-19,21,25,27-28,30-31,42,66H,4-6,8-9,11-15,17,20,22-24,26,29,32-41,43-65H2,1-3H3/b10-7-,19-16-,21-18-,27-25-,31-30-,42-28-. The first-order valence-corrected chi connectivity index (χ1v) is 32.4. The van der Waals surface area contributed by atoms with Gasteiger partial charge in [-0.05, 0) is 109 Å². The van der Waals surface area contributed by atoms with Crippen LogP contribution in [0.3, 0.4) is 0 Å². The molecule has 0 amide bonds. The van der Waals surface area contributed by atoms with Gasteiger partial charge in [-0.25, -0.2) is 0 Å². The van der Waals surface area contributed by atoms with Crippen molar-refractivity contribution in [2.75, 3.05) is 13.2 Å². The topological polar surface area (TPSA) is 78.9 Å². The second kappa shape index (κ2) is 63.4. The molecule has 0 saturated carbocycles. The van der Waals surface area contributed by atoms with Crippen molar-refractivity contribution in [1.82, 2.24) is 0 Å². The van der Waals surface area contributed by atoms with Crippen molar-refractivity contribution in [3.8, 4) is 0 Å². The van der Waals surface area contributed by atoms with Gasteiger partial charge in [-0.2, -0.15) is 0 Å². The maximum Gasteiger partial charge on any atom is 0.306 e. The first kappa shape index (κ1) is 71.8. The quantitative estimate of drug-likeness (QED) is 0.0261. The smallest absolute Gasteiger partial charge is 0.306 e. The normalized spacial score (nSPS) is 12.5. The van der Waals surface area contributed by atoms with Gasteiger partial charge in [0.05, 0.1) is 0 Å². The molecule has 0 aliphatic rings. The van der Waals surface area contributed by atoms with Gasteiger partial charge in [-0.15, -0.1) is 0 Å². The largest absolute Gasteiger partial charge is 0.462 e. The van der Waals surface area contributed by atoms with Crippen LogP contribution >= 0.6 is 0 Å². The molecule has 0 aromatic rings. The number of carbonyl (C=O) groups excluding carboxylic acids is 3. The Labute approximate surface area is 465 Å². The molecule has 434 valence electrons. The van der Waals surface area contributed by atoms with E-state index in [1.807, 2.05) is 0 Å². The maximum atomic E-state index is 12.9. The number of hydrogen-bond donors (Lipinski definition) is 0. The zero-order valence-corrected chi connectivity index (χ0v) is 49.8. The summed E-state index contributed by atoms with van der Waals surface area (Å²) in [5.74, 6) is -0.881. The Morgan fingerprint density at radius 3 is 0.853 bits per heavy atom. The van der Waals surface area contributed by atoms with Crippen LogP contribution in [-0.2, 0) is 28.6 Å². The molecule has 1 atom stereocenters. The Hall–Kier alpha value is -3.15. The van der Waals surface area contributed by atoms with Crippen LogP contribution in [-0.4, -0.2) is 37.2 Å². The molecule has 6 nitrogen and oxygen atoms in total. The van der Waals surface area contributed by atoms with Gasteiger partial charge in [0.2, 0.25) is 0 Å². The molecule has 0 aliphatic carbocycles. The molecule has 0 aromatic heterocycles. The molecule has 0 N–H and O–H groups in total. The summed E-state index contributed by atoms with van der Waals surface area (Å²) in [6.45, 7) is 6.52. The monoisotopic (exact) mass is 1050 g/mol. The highest BCUT2D eigenvalue weighted by Crippen LogP contribution is 2.17. The molecule has 0 bridgehead atoms. The molecule has 0 radical (unpaired) electrons. The average Bonchev–Trinajstić information content (AvgIpc) is 3.41. The van der Waals surface area contributed by atoms with E-state index in [2.05, 4.69) is 93.7 Å². The molecular weight excluding hydrogens is 925 g/mol. The lowest BCUT2D eigenvalue weighted by atomic mass is 10.0. The molecule has 0 spiro atoms. The van der Waals surface area contributed by atoms with E-state index in [1.54, 1.807) is 0 Å². The van der Waals surface area contributed by atoms with E-state index >= 15 is 0 Å². The first-order valence-electron chi connectivity index (χ1n) is 32.4. The number of esters is 3. The van der Waals surface area contributed by atoms with Crippen molar-refractivity contribution in [2.24, 2.45) is 0 Å². The summed E-state index contributed by atoms with van der Waals surface area (Å²) >= 11 is 0. The van der Waals surface area contributed by atoms with Crippen LogP contribution in [0.25, 0.3) is 0 Å². The third-order valence-corrected chi connectivity index (χ3v) is 14.2. The Balaban J connectivity index is 4.20. The molecule has 1 unspecified atom stereocenters. The predicted molar refractivity (Wildman–Crippen MR) is 325 cm³/mol. The number of allylic oxidation sites excluding steroid dienone is 12. The number of hydrogen-bond acceptors (Lipinski definition) is 6. The molecular formula is C69H122O6. The van der Waals surface area contributed by atoms with Crippen molar-refractivity contribution < 1.29 is 28.6 Å². The van der Waals surface area contributed by atoms with E-state index in [0.29, 0.717) is 19.3 Å². The predicted octanol–water partition coefficient (Wildman–Crippen LogP) is 22.1. The van der Waals surface area contributed by atoms with Crippen LogP contribution in [0.5, 0.6) is 0 Å². The lowest BCUT2D eigenvalue weighted by molar-refractivity contribution is -0.167. The lowest BCUT2D eigenvalue weighted by Crippen LogP contribution is -2.30. The summed E-state index contributed by atoms with van der Waals surface area (Å²) in [6.07, 6.45) is 82.0. The summed E-state index contributed by atoms with van der Waals surface area (Å²) in [4.78, 5) is 38.2. The molecule has 0 heterocycles. The highest BCUT2D eigenvalue weighted by atomic mass is 16.6. The summed E-state index contributed by atoms with van der Waals surface area (Å²) in [5, 5.41) is 0. The second-order valence-electron chi connectivity index (χ2n) is 21.6. The number of ether oxygens (including phenoxy) is 3. The minimum Gasteiger partial charge on any atom is -0.462 e. The summed E-state index contributed by atoms with van der Waals surface area (Å²) in [5.41, 5.74) is 0. The van der Waals surface area contributed by atoms with Crippen LogP contribution in [0, 0.1) is 0 Å². The van der Waals surface area contributed by atoms with Gasteiger partial charge in [0.15, 0.2) is 6.10 Å². The molecule has 75 heavy (non-hydrogen) atoms. The Kier molecular flexibility index (Phi) is 60.7. The summed E-state index contributed by atoms with van der Waals surface area (Å²) < 4.78 is 16.9. The molecule has 0 fully saturated rings. The van der Waals surface area contributed by atoms with Crippen molar-refractivity contribution in [1.29, 1.82) is 0 Å². The van der Waals surface area contributed by atoms with Crippen molar-refractivity contribution in [2.45, 2.75) is 335 Å². The van der Waals surface area contributed by atoms with Crippen molar-refractivity contribution >= 4 is 17.9 Å². The van der Waals surface area contributed by atoms with Gasteiger partial charge in [0.1, 0.15) is 13.2 Å². The van der Waals surface area contributed by atoms with Gasteiger partial charge in [0, 0.05) is 19.3 Å². The van der Waals surface area contributed by atoms with Gasteiger partial charge >= 0.3 is 17.9 Å². The molecule has 0 aliphatic heterocycles. The zero-order valence-electron chi connectivity index (χ0n) is 49.8. The van der Waals surface area contributed by atoms with Crippen LogP contribution in [0.2, 0.25) is 0 Å². The SMILES string of the molecule is CC/C=C\C/C=C\C/C=C\C/C=C\CCCCCCCCCCCCCCCCCCC(=O)OCC(COC(=O)CCCCCCC/C=C\CCCCC)OC(=O)CCCCCCC/C=C\CCCCCCCCC. The average molecular weight is 1050 g/mol. The Morgan fingerprint density at radius 1 is 0.280 bits per heavy atom. The van der Waals surface area contributed by atoms with E-state index in [4.69, 9.17) is 14.2 Å². The second-order valence-corrected chi connectivity index (χ2v) is 21.6. The van der Waals surface area contributed by atoms with Crippen LogP contribution < -0.4 is 0 Å².